The van der Waals surface area contributed by atoms with Gasteiger partial charge < -0.3 is 11.1 Å². The number of rotatable bonds is 7. The van der Waals surface area contributed by atoms with Gasteiger partial charge in [-0.2, -0.15) is 5.10 Å². The number of likely N-dealkylation sites (tertiary alicyclic amines) is 1. The Kier molecular flexibility index (Phi) is 6.14. The van der Waals surface area contributed by atoms with E-state index in [0.717, 1.165) is 47.6 Å². The molecule has 1 saturated heterocycles. The molecule has 0 radical (unpaired) electrons. The van der Waals surface area contributed by atoms with E-state index in [2.05, 4.69) is 15.3 Å². The first-order chi connectivity index (χ1) is 13.3. The lowest BCUT2D eigenvalue weighted by Gasteiger charge is -2.22. The normalized spacial score (nSPS) is 17.0. The number of anilines is 1. The molecule has 0 bridgehead atoms. The van der Waals surface area contributed by atoms with Gasteiger partial charge in [0.2, 0.25) is 11.8 Å². The van der Waals surface area contributed by atoms with Gasteiger partial charge in [0.1, 0.15) is 0 Å². The molecule has 1 atom stereocenters. The topological polar surface area (TPSA) is 93.2 Å². The molecule has 1 aliphatic heterocycles. The van der Waals surface area contributed by atoms with Crippen LogP contribution < -0.4 is 11.1 Å². The predicted octanol–water partition coefficient (Wildman–Crippen LogP) is 2.06. The Morgan fingerprint density at radius 2 is 2.11 bits per heavy atom. The van der Waals surface area contributed by atoms with Crippen LogP contribution in [0, 0.1) is 13.8 Å². The number of amides is 2. The molecule has 2 heterocycles. The number of aryl methyl sites for hydroxylation is 2. The molecular formula is C21H29N5O2. The van der Waals surface area contributed by atoms with Gasteiger partial charge >= 0.3 is 0 Å². The Morgan fingerprint density at radius 1 is 1.32 bits per heavy atom. The van der Waals surface area contributed by atoms with Crippen LogP contribution in [0.4, 0.5) is 5.69 Å². The lowest BCUT2D eigenvalue weighted by Crippen LogP contribution is -2.39. The molecule has 2 amide bonds. The first-order valence-corrected chi connectivity index (χ1v) is 9.76. The molecule has 7 heteroatoms. The van der Waals surface area contributed by atoms with E-state index in [4.69, 9.17) is 5.73 Å². The number of benzene rings is 1. The van der Waals surface area contributed by atoms with Crippen LogP contribution >= 0.6 is 0 Å². The molecule has 2 aromatic rings. The third-order valence-corrected chi connectivity index (χ3v) is 5.55. The second-order valence-electron chi connectivity index (χ2n) is 7.55. The van der Waals surface area contributed by atoms with Gasteiger partial charge in [0.05, 0.1) is 11.7 Å². The monoisotopic (exact) mass is 383 g/mol. The van der Waals surface area contributed by atoms with Gasteiger partial charge in [0.25, 0.3) is 0 Å². The maximum absolute atomic E-state index is 12.4. The first-order valence-electron chi connectivity index (χ1n) is 9.76. The molecule has 150 valence electrons. The molecule has 0 spiro atoms. The molecule has 1 fully saturated rings. The largest absolute Gasteiger partial charge is 0.368 e. The molecule has 1 aromatic carbocycles. The smallest absolute Gasteiger partial charge is 0.234 e. The van der Waals surface area contributed by atoms with Crippen LogP contribution in [0.3, 0.4) is 0 Å². The molecule has 1 unspecified atom stereocenters. The predicted molar refractivity (Wildman–Crippen MR) is 109 cm³/mol. The van der Waals surface area contributed by atoms with Crippen LogP contribution in [-0.2, 0) is 29.6 Å². The average molecular weight is 383 g/mol. The summed E-state index contributed by atoms with van der Waals surface area (Å²) >= 11 is 0. The van der Waals surface area contributed by atoms with E-state index < -0.39 is 0 Å². The van der Waals surface area contributed by atoms with Gasteiger partial charge in [-0.05, 0) is 62.9 Å². The second kappa shape index (κ2) is 8.56. The summed E-state index contributed by atoms with van der Waals surface area (Å²) in [6, 6.07) is 7.60. The first kappa shape index (κ1) is 20.1. The number of hydrogen-bond acceptors (Lipinski definition) is 4. The van der Waals surface area contributed by atoms with E-state index in [0.29, 0.717) is 19.4 Å². The fourth-order valence-electron chi connectivity index (χ4n) is 3.96. The van der Waals surface area contributed by atoms with Crippen LogP contribution in [0.1, 0.15) is 41.8 Å². The molecule has 3 rings (SSSR count). The Labute approximate surface area is 165 Å². The minimum Gasteiger partial charge on any atom is -0.368 e. The fourth-order valence-corrected chi connectivity index (χ4v) is 3.96. The highest BCUT2D eigenvalue weighted by Gasteiger charge is 2.28. The minimum atomic E-state index is -0.261. The van der Waals surface area contributed by atoms with Crippen molar-refractivity contribution in [3.8, 4) is 0 Å². The van der Waals surface area contributed by atoms with Crippen LogP contribution in [0.25, 0.3) is 0 Å². The van der Waals surface area contributed by atoms with Crippen molar-refractivity contribution in [2.24, 2.45) is 12.8 Å². The SMILES string of the molecule is Cc1nn(C)c(C)c1CCC(=O)Nc1cccc(CN2CCCC2C(N)=O)c1. The summed E-state index contributed by atoms with van der Waals surface area (Å²) in [7, 11) is 1.92. The zero-order valence-electron chi connectivity index (χ0n) is 16.9. The Morgan fingerprint density at radius 3 is 2.79 bits per heavy atom. The van der Waals surface area contributed by atoms with Gasteiger partial charge in [-0.15, -0.1) is 0 Å². The maximum atomic E-state index is 12.4. The number of carbonyl (C=O) groups is 2. The summed E-state index contributed by atoms with van der Waals surface area (Å²) in [5.74, 6) is -0.279. The number of nitrogens with zero attached hydrogens (tertiary/aromatic N) is 3. The Bertz CT molecular complexity index is 874. The van der Waals surface area contributed by atoms with E-state index in [9.17, 15) is 9.59 Å². The molecule has 1 aliphatic rings. The number of primary amides is 1. The summed E-state index contributed by atoms with van der Waals surface area (Å²) in [5.41, 5.74) is 10.5. The third kappa shape index (κ3) is 4.59. The Balaban J connectivity index is 1.58. The maximum Gasteiger partial charge on any atom is 0.234 e. The second-order valence-corrected chi connectivity index (χ2v) is 7.55. The van der Waals surface area contributed by atoms with Gasteiger partial charge in [-0.25, -0.2) is 0 Å². The highest BCUT2D eigenvalue weighted by Crippen LogP contribution is 2.21. The third-order valence-electron chi connectivity index (χ3n) is 5.55. The number of hydrogen-bond donors (Lipinski definition) is 2. The molecule has 0 saturated carbocycles. The summed E-state index contributed by atoms with van der Waals surface area (Å²) in [5, 5.41) is 7.38. The molecule has 3 N–H and O–H groups in total. The van der Waals surface area contributed by atoms with Crippen molar-refractivity contribution in [1.29, 1.82) is 0 Å². The highest BCUT2D eigenvalue weighted by molar-refractivity contribution is 5.90. The zero-order chi connectivity index (χ0) is 20.3. The van der Waals surface area contributed by atoms with Crippen molar-refractivity contribution in [3.63, 3.8) is 0 Å². The molecule has 7 nitrogen and oxygen atoms in total. The van der Waals surface area contributed by atoms with Crippen LogP contribution in [0.15, 0.2) is 24.3 Å². The Hall–Kier alpha value is -2.67. The van der Waals surface area contributed by atoms with E-state index in [-0.39, 0.29) is 17.9 Å². The standard InChI is InChI=1S/C21H29N5O2/c1-14-18(15(2)25(3)24-14)9-10-20(27)23-17-7-4-6-16(12-17)13-26-11-5-8-19(26)21(22)28/h4,6-7,12,19H,5,8-11,13H2,1-3H3,(H2,22,28)(H,23,27). The number of nitrogens with two attached hydrogens (primary N) is 1. The molecule has 28 heavy (non-hydrogen) atoms. The van der Waals surface area contributed by atoms with Gasteiger partial charge in [-0.3, -0.25) is 19.2 Å². The summed E-state index contributed by atoms with van der Waals surface area (Å²) in [6.07, 6.45) is 2.88. The van der Waals surface area contributed by atoms with Gasteiger partial charge in [0.15, 0.2) is 0 Å². The van der Waals surface area contributed by atoms with E-state index in [1.807, 2.05) is 49.8 Å². The number of nitrogens with one attached hydrogen (secondary N) is 1. The van der Waals surface area contributed by atoms with Gasteiger partial charge in [-0.1, -0.05) is 12.1 Å². The quantitative estimate of drug-likeness (QED) is 0.765. The zero-order valence-corrected chi connectivity index (χ0v) is 16.9. The molecular weight excluding hydrogens is 354 g/mol. The van der Waals surface area contributed by atoms with E-state index in [1.165, 1.54) is 0 Å². The lowest BCUT2D eigenvalue weighted by atomic mass is 10.1. The fraction of sp³-hybridized carbons (Fsp3) is 0.476. The van der Waals surface area contributed by atoms with Crippen molar-refractivity contribution < 1.29 is 9.59 Å². The van der Waals surface area contributed by atoms with Crippen molar-refractivity contribution >= 4 is 17.5 Å². The van der Waals surface area contributed by atoms with Crippen molar-refractivity contribution in [2.75, 3.05) is 11.9 Å². The number of carbonyl (C=O) groups excluding carboxylic acids is 2. The molecule has 1 aromatic heterocycles. The minimum absolute atomic E-state index is 0.0176. The summed E-state index contributed by atoms with van der Waals surface area (Å²) in [4.78, 5) is 26.1. The van der Waals surface area contributed by atoms with Crippen LogP contribution in [-0.4, -0.2) is 39.1 Å². The lowest BCUT2D eigenvalue weighted by molar-refractivity contribution is -0.122. The number of aromatic nitrogens is 2. The highest BCUT2D eigenvalue weighted by atomic mass is 16.2. The van der Waals surface area contributed by atoms with Gasteiger partial charge in [0, 0.05) is 31.4 Å². The van der Waals surface area contributed by atoms with E-state index >= 15 is 0 Å². The van der Waals surface area contributed by atoms with Crippen LogP contribution in [0.5, 0.6) is 0 Å². The summed E-state index contributed by atoms with van der Waals surface area (Å²) < 4.78 is 1.85. The van der Waals surface area contributed by atoms with Crippen LogP contribution in [0.2, 0.25) is 0 Å². The summed E-state index contributed by atoms with van der Waals surface area (Å²) in [6.45, 7) is 5.52. The van der Waals surface area contributed by atoms with Crippen molar-refractivity contribution in [3.05, 3.63) is 46.8 Å². The van der Waals surface area contributed by atoms with Crippen molar-refractivity contribution in [1.82, 2.24) is 14.7 Å². The van der Waals surface area contributed by atoms with Crippen molar-refractivity contribution in [2.45, 2.75) is 52.1 Å². The molecule has 0 aliphatic carbocycles. The average Bonchev–Trinajstić information content (AvgIpc) is 3.19. The van der Waals surface area contributed by atoms with E-state index in [1.54, 1.807) is 0 Å².